The Kier molecular flexibility index (Phi) is 6.16. The van der Waals surface area contributed by atoms with Crippen molar-refractivity contribution in [3.63, 3.8) is 0 Å². The van der Waals surface area contributed by atoms with E-state index in [-0.39, 0.29) is 10.3 Å². The number of aryl methyl sites for hydroxylation is 1. The van der Waals surface area contributed by atoms with Crippen LogP contribution in [0.3, 0.4) is 0 Å². The summed E-state index contributed by atoms with van der Waals surface area (Å²) in [5.41, 5.74) is -0.0884. The van der Waals surface area contributed by atoms with Gasteiger partial charge in [-0.3, -0.25) is 4.68 Å². The number of sulfonamides is 1. The van der Waals surface area contributed by atoms with E-state index >= 15 is 0 Å². The van der Waals surface area contributed by atoms with E-state index in [0.29, 0.717) is 13.1 Å². The van der Waals surface area contributed by atoms with Crippen LogP contribution in [0.2, 0.25) is 0 Å². The van der Waals surface area contributed by atoms with Crippen LogP contribution in [0.5, 0.6) is 0 Å². The Bertz CT molecular complexity index is 503. The molecule has 0 aliphatic heterocycles. The molecule has 0 bridgehead atoms. The van der Waals surface area contributed by atoms with Gasteiger partial charge in [-0.25, -0.2) is 13.1 Å². The largest absolute Gasteiger partial charge is 0.317 e. The summed E-state index contributed by atoms with van der Waals surface area (Å²) >= 11 is 0. The smallest absolute Gasteiger partial charge is 0.243 e. The summed E-state index contributed by atoms with van der Waals surface area (Å²) in [7, 11) is -3.46. The average molecular weight is 302 g/mol. The van der Waals surface area contributed by atoms with Gasteiger partial charge in [-0.1, -0.05) is 27.7 Å². The predicted molar refractivity (Wildman–Crippen MR) is 80.0 cm³/mol. The Hall–Kier alpha value is -0.920. The Morgan fingerprint density at radius 2 is 2.05 bits per heavy atom. The zero-order valence-electron chi connectivity index (χ0n) is 12.8. The average Bonchev–Trinajstić information content (AvgIpc) is 2.81. The number of hydrogen-bond acceptors (Lipinski definition) is 4. The molecule has 6 nitrogen and oxygen atoms in total. The topological polar surface area (TPSA) is 76.0 Å². The van der Waals surface area contributed by atoms with Gasteiger partial charge in [-0.15, -0.1) is 0 Å². The first-order chi connectivity index (χ1) is 9.24. The van der Waals surface area contributed by atoms with E-state index < -0.39 is 10.0 Å². The molecule has 0 aromatic carbocycles. The maximum absolute atomic E-state index is 12.1. The quantitative estimate of drug-likeness (QED) is 0.708. The fourth-order valence-electron chi connectivity index (χ4n) is 1.54. The van der Waals surface area contributed by atoms with Crippen molar-refractivity contribution in [2.24, 2.45) is 5.41 Å². The number of aromatic nitrogens is 2. The van der Waals surface area contributed by atoms with Crippen LogP contribution in [0, 0.1) is 5.41 Å². The molecular weight excluding hydrogens is 276 g/mol. The van der Waals surface area contributed by atoms with Crippen molar-refractivity contribution >= 4 is 10.0 Å². The molecule has 0 radical (unpaired) electrons. The van der Waals surface area contributed by atoms with Gasteiger partial charge in [-0.2, -0.15) is 5.10 Å². The van der Waals surface area contributed by atoms with Gasteiger partial charge in [0.2, 0.25) is 10.0 Å². The van der Waals surface area contributed by atoms with Crippen LogP contribution in [0.15, 0.2) is 17.3 Å². The first kappa shape index (κ1) is 17.1. The van der Waals surface area contributed by atoms with Gasteiger partial charge < -0.3 is 5.32 Å². The van der Waals surface area contributed by atoms with E-state index in [1.807, 2.05) is 20.8 Å². The molecule has 0 saturated heterocycles. The van der Waals surface area contributed by atoms with Crippen LogP contribution in [0.25, 0.3) is 0 Å². The molecule has 0 aliphatic rings. The first-order valence-electron chi connectivity index (χ1n) is 6.97. The van der Waals surface area contributed by atoms with Crippen molar-refractivity contribution in [2.45, 2.75) is 45.6 Å². The molecule has 0 fully saturated rings. The highest BCUT2D eigenvalue weighted by Crippen LogP contribution is 2.13. The second-order valence-corrected chi connectivity index (χ2v) is 7.80. The maximum Gasteiger partial charge on any atom is 0.243 e. The van der Waals surface area contributed by atoms with Gasteiger partial charge in [-0.05, 0) is 24.9 Å². The van der Waals surface area contributed by atoms with Crippen molar-refractivity contribution < 1.29 is 8.42 Å². The van der Waals surface area contributed by atoms with Gasteiger partial charge in [0.05, 0.1) is 6.20 Å². The molecule has 0 unspecified atom stereocenters. The Balaban J connectivity index is 2.57. The molecule has 116 valence electrons. The lowest BCUT2D eigenvalue weighted by Crippen LogP contribution is -2.32. The number of hydrogen-bond donors (Lipinski definition) is 2. The van der Waals surface area contributed by atoms with Gasteiger partial charge in [0.25, 0.3) is 0 Å². The minimum atomic E-state index is -3.46. The molecule has 0 spiro atoms. The molecular formula is C13H26N4O2S. The minimum Gasteiger partial charge on any atom is -0.317 e. The molecule has 1 heterocycles. The zero-order valence-corrected chi connectivity index (χ0v) is 13.6. The van der Waals surface area contributed by atoms with Crippen molar-refractivity contribution in [2.75, 3.05) is 19.6 Å². The normalized spacial score (nSPS) is 12.8. The zero-order chi connectivity index (χ0) is 15.2. The van der Waals surface area contributed by atoms with Crippen molar-refractivity contribution in [1.82, 2.24) is 19.8 Å². The molecule has 1 aromatic rings. The van der Waals surface area contributed by atoms with E-state index in [1.165, 1.54) is 6.20 Å². The molecule has 1 aromatic heterocycles. The highest BCUT2D eigenvalue weighted by Gasteiger charge is 2.19. The third-order valence-electron chi connectivity index (χ3n) is 2.70. The lowest BCUT2D eigenvalue weighted by molar-refractivity contribution is 0.407. The summed E-state index contributed by atoms with van der Waals surface area (Å²) in [5.74, 6) is 0. The van der Waals surface area contributed by atoms with Crippen LogP contribution in [-0.4, -0.2) is 37.8 Å². The number of rotatable bonds is 8. The lowest BCUT2D eigenvalue weighted by Gasteiger charge is -2.18. The van der Waals surface area contributed by atoms with Crippen molar-refractivity contribution in [3.05, 3.63) is 12.4 Å². The molecule has 7 heteroatoms. The second-order valence-electron chi connectivity index (χ2n) is 6.03. The minimum absolute atomic E-state index is 0.0884. The third kappa shape index (κ3) is 6.02. The maximum atomic E-state index is 12.1. The van der Waals surface area contributed by atoms with Crippen LogP contribution < -0.4 is 10.0 Å². The monoisotopic (exact) mass is 302 g/mol. The van der Waals surface area contributed by atoms with E-state index in [2.05, 4.69) is 22.1 Å². The van der Waals surface area contributed by atoms with Gasteiger partial charge in [0.15, 0.2) is 0 Å². The molecule has 0 aliphatic carbocycles. The summed E-state index contributed by atoms with van der Waals surface area (Å²) in [4.78, 5) is 0.227. The standard InChI is InChI=1S/C13H26N4O2S/c1-5-14-7-6-8-17-10-12(9-15-17)20(18,19)16-11-13(2,3)4/h9-10,14,16H,5-8,11H2,1-4H3. The van der Waals surface area contributed by atoms with Crippen LogP contribution in [0.4, 0.5) is 0 Å². The Morgan fingerprint density at radius 1 is 1.35 bits per heavy atom. The van der Waals surface area contributed by atoms with Gasteiger partial charge in [0.1, 0.15) is 4.90 Å². The van der Waals surface area contributed by atoms with E-state index in [9.17, 15) is 8.42 Å². The summed E-state index contributed by atoms with van der Waals surface area (Å²) < 4.78 is 28.5. The van der Waals surface area contributed by atoms with Gasteiger partial charge >= 0.3 is 0 Å². The Labute approximate surface area is 122 Å². The van der Waals surface area contributed by atoms with Crippen molar-refractivity contribution in [1.29, 1.82) is 0 Å². The Morgan fingerprint density at radius 3 is 2.65 bits per heavy atom. The summed E-state index contributed by atoms with van der Waals surface area (Å²) in [6.07, 6.45) is 3.90. The SMILES string of the molecule is CCNCCCn1cc(S(=O)(=O)NCC(C)(C)C)cn1. The summed E-state index contributed by atoms with van der Waals surface area (Å²) in [5, 5.41) is 7.32. The van der Waals surface area contributed by atoms with E-state index in [0.717, 1.165) is 19.5 Å². The second kappa shape index (κ2) is 7.19. The lowest BCUT2D eigenvalue weighted by atomic mass is 9.98. The predicted octanol–water partition coefficient (Wildman–Crippen LogP) is 1.21. The highest BCUT2D eigenvalue weighted by atomic mass is 32.2. The van der Waals surface area contributed by atoms with Crippen LogP contribution >= 0.6 is 0 Å². The first-order valence-corrected chi connectivity index (χ1v) is 8.46. The number of nitrogens with zero attached hydrogens (tertiary/aromatic N) is 2. The molecule has 2 N–H and O–H groups in total. The third-order valence-corrected chi connectivity index (χ3v) is 4.06. The van der Waals surface area contributed by atoms with Crippen LogP contribution in [-0.2, 0) is 16.6 Å². The van der Waals surface area contributed by atoms with Crippen LogP contribution in [0.1, 0.15) is 34.1 Å². The van der Waals surface area contributed by atoms with Gasteiger partial charge in [0, 0.05) is 19.3 Å². The summed E-state index contributed by atoms with van der Waals surface area (Å²) in [6.45, 7) is 11.0. The molecule has 0 saturated carbocycles. The fraction of sp³-hybridized carbons (Fsp3) is 0.769. The fourth-order valence-corrected chi connectivity index (χ4v) is 2.78. The van der Waals surface area contributed by atoms with Crippen molar-refractivity contribution in [3.8, 4) is 0 Å². The molecule has 1 rings (SSSR count). The molecule has 20 heavy (non-hydrogen) atoms. The summed E-state index contributed by atoms with van der Waals surface area (Å²) in [6, 6.07) is 0. The van der Waals surface area contributed by atoms with E-state index in [1.54, 1.807) is 10.9 Å². The number of nitrogens with one attached hydrogen (secondary N) is 2. The van der Waals surface area contributed by atoms with E-state index in [4.69, 9.17) is 0 Å². The highest BCUT2D eigenvalue weighted by molar-refractivity contribution is 7.89. The molecule has 0 amide bonds. The molecule has 0 atom stereocenters.